The van der Waals surface area contributed by atoms with Gasteiger partial charge < -0.3 is 19.3 Å². The zero-order valence-electron chi connectivity index (χ0n) is 19.8. The van der Waals surface area contributed by atoms with Crippen LogP contribution < -0.4 is 10.1 Å². The average molecular weight is 490 g/mol. The largest absolute Gasteiger partial charge is 0.491 e. The van der Waals surface area contributed by atoms with E-state index in [1.54, 1.807) is 43.3 Å². The zero-order chi connectivity index (χ0) is 25.8. The molecule has 0 heterocycles. The number of nitrogens with one attached hydrogen (secondary N) is 1. The van der Waals surface area contributed by atoms with E-state index in [2.05, 4.69) is 5.32 Å². The molecule has 0 aliphatic carbocycles. The number of allylic oxidation sites excluding steroid dienone is 2. The lowest BCUT2D eigenvalue weighted by molar-refractivity contribution is -0.137. The van der Waals surface area contributed by atoms with Crippen molar-refractivity contribution in [3.05, 3.63) is 83.5 Å². The molecular weight excluding hydrogens is 460 g/mol. The normalized spacial score (nSPS) is 13.3. The summed E-state index contributed by atoms with van der Waals surface area (Å²) < 4.78 is 43.0. The van der Waals surface area contributed by atoms with Crippen molar-refractivity contribution in [1.29, 1.82) is 0 Å². The molecule has 0 unspecified atom stereocenters. The summed E-state index contributed by atoms with van der Waals surface area (Å²) in [6.07, 6.45) is 2.81. The lowest BCUT2D eigenvalue weighted by atomic mass is 9.91. The van der Waals surface area contributed by atoms with E-state index in [1.807, 2.05) is 13.8 Å². The van der Waals surface area contributed by atoms with E-state index in [1.165, 1.54) is 6.08 Å². The molecule has 0 aliphatic rings. The number of hydrogen-bond acceptors (Lipinski definition) is 6. The van der Waals surface area contributed by atoms with Gasteiger partial charge in [-0.05, 0) is 43.7 Å². The summed E-state index contributed by atoms with van der Waals surface area (Å²) in [5, 5.41) is 11.2. The number of aliphatic hydroxyl groups is 1. The number of ether oxygens (including phenoxy) is 3. The highest BCUT2D eigenvalue weighted by Crippen LogP contribution is 2.33. The molecule has 2 aromatic carbocycles. The lowest BCUT2D eigenvalue weighted by Gasteiger charge is -2.26. The van der Waals surface area contributed by atoms with Crippen LogP contribution in [-0.4, -0.2) is 37.0 Å². The van der Waals surface area contributed by atoms with Crippen molar-refractivity contribution in [3.63, 3.8) is 0 Å². The van der Waals surface area contributed by atoms with Crippen molar-refractivity contribution in [2.75, 3.05) is 25.1 Å². The van der Waals surface area contributed by atoms with Crippen molar-refractivity contribution in [2.45, 2.75) is 26.9 Å². The maximum absolute atomic E-state index is 14.0. The maximum Gasteiger partial charge on any atom is 0.412 e. The van der Waals surface area contributed by atoms with E-state index in [0.29, 0.717) is 17.4 Å². The first-order valence-electron chi connectivity index (χ1n) is 11.0. The van der Waals surface area contributed by atoms with Gasteiger partial charge in [-0.3, -0.25) is 5.32 Å². The number of carbonyl (C=O) groups excluding carboxylic acids is 2. The van der Waals surface area contributed by atoms with Crippen LogP contribution in [0.3, 0.4) is 0 Å². The molecule has 0 saturated carbocycles. The molecule has 0 aliphatic heterocycles. The molecule has 9 heteroatoms. The Bertz CT molecular complexity index is 1050. The fourth-order valence-corrected chi connectivity index (χ4v) is 3.08. The van der Waals surface area contributed by atoms with Gasteiger partial charge in [-0.15, -0.1) is 0 Å². The van der Waals surface area contributed by atoms with Crippen LogP contribution in [-0.2, 0) is 14.3 Å². The molecule has 0 spiro atoms. The Morgan fingerprint density at radius 1 is 1.14 bits per heavy atom. The van der Waals surface area contributed by atoms with Crippen molar-refractivity contribution in [2.24, 2.45) is 5.92 Å². The summed E-state index contributed by atoms with van der Waals surface area (Å²) in [5.74, 6) is -2.01. The van der Waals surface area contributed by atoms with Gasteiger partial charge >= 0.3 is 12.1 Å². The van der Waals surface area contributed by atoms with Crippen LogP contribution in [0.4, 0.5) is 19.3 Å². The summed E-state index contributed by atoms with van der Waals surface area (Å²) in [7, 11) is 0. The molecule has 2 atom stereocenters. The molecule has 2 N–H and O–H groups in total. The first-order valence-corrected chi connectivity index (χ1v) is 11.0. The van der Waals surface area contributed by atoms with Crippen molar-refractivity contribution in [1.82, 2.24) is 0 Å². The van der Waals surface area contributed by atoms with Gasteiger partial charge in [0.15, 0.2) is 0 Å². The van der Waals surface area contributed by atoms with E-state index < -0.39 is 29.8 Å². The summed E-state index contributed by atoms with van der Waals surface area (Å²) in [6.45, 7) is 5.62. The van der Waals surface area contributed by atoms with Gasteiger partial charge in [0.2, 0.25) is 0 Å². The minimum absolute atomic E-state index is 0.131. The maximum atomic E-state index is 14.0. The van der Waals surface area contributed by atoms with E-state index in [-0.39, 0.29) is 31.4 Å². The number of anilines is 1. The van der Waals surface area contributed by atoms with Crippen LogP contribution in [0.5, 0.6) is 5.75 Å². The molecule has 2 aromatic rings. The van der Waals surface area contributed by atoms with Crippen LogP contribution in [0.15, 0.2) is 66.3 Å². The minimum Gasteiger partial charge on any atom is -0.491 e. The highest BCUT2D eigenvalue weighted by molar-refractivity contribution is 5.85. The third-order valence-corrected chi connectivity index (χ3v) is 5.02. The molecule has 2 rings (SSSR count). The number of carbonyl (C=O) groups is 2. The predicted octanol–water partition coefficient (Wildman–Crippen LogP) is 5.33. The molecule has 0 saturated heterocycles. The second-order valence-electron chi connectivity index (χ2n) is 7.53. The molecule has 188 valence electrons. The van der Waals surface area contributed by atoms with E-state index in [4.69, 9.17) is 19.3 Å². The van der Waals surface area contributed by atoms with Gasteiger partial charge in [-0.1, -0.05) is 36.8 Å². The Morgan fingerprint density at radius 3 is 2.49 bits per heavy atom. The molecule has 0 aromatic heterocycles. The highest BCUT2D eigenvalue weighted by atomic mass is 19.1. The van der Waals surface area contributed by atoms with Crippen LogP contribution >= 0.6 is 0 Å². The Labute approximate surface area is 203 Å². The van der Waals surface area contributed by atoms with Crippen molar-refractivity contribution >= 4 is 17.7 Å². The molecule has 0 fully saturated rings. The number of esters is 1. The second kappa shape index (κ2) is 13.9. The van der Waals surface area contributed by atoms with Crippen molar-refractivity contribution < 1.29 is 37.7 Å². The summed E-state index contributed by atoms with van der Waals surface area (Å²) in [4.78, 5) is 24.1. The fraction of sp³-hybridized carbons (Fsp3) is 0.308. The lowest BCUT2D eigenvalue weighted by Crippen LogP contribution is -2.23. The molecule has 0 radical (unpaired) electrons. The molecule has 1 amide bonds. The van der Waals surface area contributed by atoms with Gasteiger partial charge in [0.05, 0.1) is 18.9 Å². The first-order chi connectivity index (χ1) is 16.7. The number of aliphatic hydroxyl groups excluding tert-OH is 1. The fourth-order valence-electron chi connectivity index (χ4n) is 3.08. The van der Waals surface area contributed by atoms with Crippen LogP contribution in [0, 0.1) is 17.6 Å². The number of rotatable bonds is 11. The number of hydrogen-bond donors (Lipinski definition) is 2. The van der Waals surface area contributed by atoms with Gasteiger partial charge in [0.1, 0.15) is 30.1 Å². The monoisotopic (exact) mass is 489 g/mol. The first kappa shape index (κ1) is 27.5. The smallest absolute Gasteiger partial charge is 0.412 e. The second-order valence-corrected chi connectivity index (χ2v) is 7.53. The summed E-state index contributed by atoms with van der Waals surface area (Å²) in [5.41, 5.74) is 1.20. The topological polar surface area (TPSA) is 94.1 Å². The molecule has 7 nitrogen and oxygen atoms in total. The van der Waals surface area contributed by atoms with Gasteiger partial charge in [-0.2, -0.15) is 0 Å². The predicted molar refractivity (Wildman–Crippen MR) is 127 cm³/mol. The summed E-state index contributed by atoms with van der Waals surface area (Å²) in [6, 6.07) is 9.54. The van der Waals surface area contributed by atoms with Gasteiger partial charge in [0, 0.05) is 18.1 Å². The number of benzene rings is 2. The van der Waals surface area contributed by atoms with Crippen LogP contribution in [0.25, 0.3) is 0 Å². The Morgan fingerprint density at radius 2 is 1.86 bits per heavy atom. The van der Waals surface area contributed by atoms with E-state index in [0.717, 1.165) is 17.7 Å². The van der Waals surface area contributed by atoms with Crippen LogP contribution in [0.1, 0.15) is 32.4 Å². The quantitative estimate of drug-likeness (QED) is 0.252. The Hall–Kier alpha value is -3.72. The number of amides is 1. The highest BCUT2D eigenvalue weighted by Gasteiger charge is 2.25. The zero-order valence-corrected chi connectivity index (χ0v) is 19.8. The molecule has 0 bridgehead atoms. The van der Waals surface area contributed by atoms with Crippen LogP contribution in [0.2, 0.25) is 0 Å². The van der Waals surface area contributed by atoms with Crippen molar-refractivity contribution in [3.8, 4) is 5.75 Å². The molecule has 35 heavy (non-hydrogen) atoms. The minimum atomic E-state index is -0.933. The van der Waals surface area contributed by atoms with Gasteiger partial charge in [-0.25, -0.2) is 18.4 Å². The van der Waals surface area contributed by atoms with Gasteiger partial charge in [0.25, 0.3) is 0 Å². The van der Waals surface area contributed by atoms with E-state index in [9.17, 15) is 18.4 Å². The SMILES string of the molecule is CCOC(=O)/C=C/C=C(\C)[C@@H](C)[C@H](OC(=O)Nc1ccc(F)cc1F)c1ccc(OCCO)cc1. The molecular formula is C26H29F2NO6. The third kappa shape index (κ3) is 8.86. The summed E-state index contributed by atoms with van der Waals surface area (Å²) >= 11 is 0. The number of halogens is 2. The van der Waals surface area contributed by atoms with E-state index >= 15 is 0 Å². The average Bonchev–Trinajstić information content (AvgIpc) is 2.83. The third-order valence-electron chi connectivity index (χ3n) is 5.02. The standard InChI is InChI=1S/C26H29F2NO6/c1-4-33-24(31)7-5-6-17(2)18(3)25(19-8-11-21(12-9-19)34-15-14-30)35-26(32)29-23-13-10-20(27)16-22(23)28/h5-13,16,18,25,30H,4,14-15H2,1-3H3,(H,29,32)/b7-5+,17-6+/t18-,25+/m1/s1. The Balaban J connectivity index is 2.25. The Kier molecular flexibility index (Phi) is 10.9.